The third-order valence-corrected chi connectivity index (χ3v) is 8.40. The Morgan fingerprint density at radius 1 is 0.941 bits per heavy atom. The third kappa shape index (κ3) is 4.76. The highest BCUT2D eigenvalue weighted by molar-refractivity contribution is 7.90. The zero-order valence-electron chi connectivity index (χ0n) is 19.5. The van der Waals surface area contributed by atoms with Gasteiger partial charge in [0.15, 0.2) is 0 Å². The van der Waals surface area contributed by atoms with Gasteiger partial charge in [-0.3, -0.25) is 14.4 Å². The number of imide groups is 1. The van der Waals surface area contributed by atoms with E-state index < -0.39 is 21.2 Å². The molecular formula is C25H29N3O5S. The van der Waals surface area contributed by atoms with Crippen molar-refractivity contribution in [3.8, 4) is 0 Å². The molecule has 1 saturated carbocycles. The molecule has 0 bridgehead atoms. The van der Waals surface area contributed by atoms with Gasteiger partial charge in [-0.1, -0.05) is 17.7 Å². The Balaban J connectivity index is 1.40. The summed E-state index contributed by atoms with van der Waals surface area (Å²) in [6.45, 7) is 5.20. The fraction of sp³-hybridized carbons (Fsp3) is 0.400. The molecule has 0 unspecified atom stereocenters. The number of nitrogens with one attached hydrogen (secondary N) is 2. The van der Waals surface area contributed by atoms with Crippen LogP contribution < -0.4 is 14.9 Å². The lowest BCUT2D eigenvalue weighted by atomic mass is 9.86. The maximum absolute atomic E-state index is 13.0. The standard InChI is InChI=1S/C25H29N3O5S/c1-15(2)34(32,33)27-18-8-6-17(7-9-18)23(29)26-19-10-13-21-22(14-19)25(31)28(24(21)30)20-11-4-16(3)5-12-20/h4-5,10-15,17-18,27H,6-9H2,1-3H3,(H,26,29)/t17-,18-. The number of rotatable bonds is 6. The number of carbonyl (C=O) groups is 3. The quantitative estimate of drug-likeness (QED) is 0.610. The van der Waals surface area contributed by atoms with Gasteiger partial charge in [0.25, 0.3) is 11.8 Å². The average molecular weight is 484 g/mol. The molecule has 4 rings (SSSR count). The van der Waals surface area contributed by atoms with Crippen LogP contribution in [0, 0.1) is 12.8 Å². The highest BCUT2D eigenvalue weighted by atomic mass is 32.2. The van der Waals surface area contributed by atoms with Gasteiger partial charge in [0.1, 0.15) is 0 Å². The molecule has 0 saturated heterocycles. The van der Waals surface area contributed by atoms with Crippen LogP contribution in [0.4, 0.5) is 11.4 Å². The van der Waals surface area contributed by atoms with E-state index in [1.54, 1.807) is 44.2 Å². The summed E-state index contributed by atoms with van der Waals surface area (Å²) in [5.41, 5.74) is 2.55. The Bertz CT molecular complexity index is 1230. The summed E-state index contributed by atoms with van der Waals surface area (Å²) in [7, 11) is -3.34. The maximum atomic E-state index is 13.0. The van der Waals surface area contributed by atoms with E-state index in [2.05, 4.69) is 10.0 Å². The van der Waals surface area contributed by atoms with Gasteiger partial charge in [-0.05, 0) is 76.8 Å². The molecule has 8 nitrogen and oxygen atoms in total. The fourth-order valence-corrected chi connectivity index (χ4v) is 5.31. The van der Waals surface area contributed by atoms with Crippen molar-refractivity contribution in [3.63, 3.8) is 0 Å². The molecule has 34 heavy (non-hydrogen) atoms. The number of nitrogens with zero attached hydrogens (tertiary/aromatic N) is 1. The van der Waals surface area contributed by atoms with Gasteiger partial charge < -0.3 is 5.32 Å². The van der Waals surface area contributed by atoms with Gasteiger partial charge in [-0.25, -0.2) is 18.0 Å². The fourth-order valence-electron chi connectivity index (χ4n) is 4.33. The molecule has 0 atom stereocenters. The molecular weight excluding hydrogens is 454 g/mol. The van der Waals surface area contributed by atoms with Crippen molar-refractivity contribution in [2.75, 3.05) is 10.2 Å². The predicted octanol–water partition coefficient (Wildman–Crippen LogP) is 3.62. The minimum Gasteiger partial charge on any atom is -0.326 e. The smallest absolute Gasteiger partial charge is 0.266 e. The highest BCUT2D eigenvalue weighted by Gasteiger charge is 2.37. The van der Waals surface area contributed by atoms with Crippen molar-refractivity contribution >= 4 is 39.1 Å². The van der Waals surface area contributed by atoms with Crippen LogP contribution in [-0.2, 0) is 14.8 Å². The second kappa shape index (κ2) is 9.31. The molecule has 9 heteroatoms. The Labute approximate surface area is 199 Å². The zero-order chi connectivity index (χ0) is 24.6. The van der Waals surface area contributed by atoms with Crippen molar-refractivity contribution in [1.29, 1.82) is 0 Å². The van der Waals surface area contributed by atoms with Crippen molar-refractivity contribution in [3.05, 3.63) is 59.2 Å². The topological polar surface area (TPSA) is 113 Å². The summed E-state index contributed by atoms with van der Waals surface area (Å²) in [5.74, 6) is -1.21. The molecule has 1 heterocycles. The van der Waals surface area contributed by atoms with Gasteiger partial charge in [0.2, 0.25) is 15.9 Å². The van der Waals surface area contributed by atoms with E-state index in [4.69, 9.17) is 0 Å². The van der Waals surface area contributed by atoms with E-state index >= 15 is 0 Å². The maximum Gasteiger partial charge on any atom is 0.266 e. The number of fused-ring (bicyclic) bond motifs is 1. The lowest BCUT2D eigenvalue weighted by Gasteiger charge is -2.28. The average Bonchev–Trinajstić information content (AvgIpc) is 3.04. The van der Waals surface area contributed by atoms with Gasteiger partial charge in [-0.2, -0.15) is 0 Å². The van der Waals surface area contributed by atoms with Crippen LogP contribution in [0.1, 0.15) is 65.8 Å². The van der Waals surface area contributed by atoms with Crippen LogP contribution >= 0.6 is 0 Å². The molecule has 2 aliphatic rings. The number of amides is 3. The van der Waals surface area contributed by atoms with E-state index in [1.807, 2.05) is 19.1 Å². The van der Waals surface area contributed by atoms with Gasteiger partial charge in [0.05, 0.1) is 22.1 Å². The first kappa shape index (κ1) is 24.1. The van der Waals surface area contributed by atoms with Gasteiger partial charge in [-0.15, -0.1) is 0 Å². The van der Waals surface area contributed by atoms with Gasteiger partial charge >= 0.3 is 0 Å². The first-order chi connectivity index (χ1) is 16.1. The first-order valence-corrected chi connectivity index (χ1v) is 13.0. The molecule has 2 aromatic carbocycles. The van der Waals surface area contributed by atoms with Gasteiger partial charge in [0, 0.05) is 17.6 Å². The normalized spacial score (nSPS) is 20.5. The Morgan fingerprint density at radius 2 is 1.56 bits per heavy atom. The van der Waals surface area contributed by atoms with E-state index in [0.717, 1.165) is 10.5 Å². The van der Waals surface area contributed by atoms with Crippen LogP contribution in [0.25, 0.3) is 0 Å². The summed E-state index contributed by atoms with van der Waals surface area (Å²) in [5, 5.41) is 2.36. The van der Waals surface area contributed by atoms with E-state index in [0.29, 0.717) is 42.6 Å². The molecule has 0 spiro atoms. The van der Waals surface area contributed by atoms with E-state index in [-0.39, 0.29) is 29.3 Å². The molecule has 3 amide bonds. The molecule has 180 valence electrons. The van der Waals surface area contributed by atoms with Crippen LogP contribution in [0.2, 0.25) is 0 Å². The Kier molecular flexibility index (Phi) is 6.60. The second-order valence-electron chi connectivity index (χ2n) is 9.29. The first-order valence-electron chi connectivity index (χ1n) is 11.5. The van der Waals surface area contributed by atoms with E-state index in [1.165, 1.54) is 0 Å². The summed E-state index contributed by atoms with van der Waals surface area (Å²) in [4.78, 5) is 39.7. The summed E-state index contributed by atoms with van der Waals surface area (Å²) in [6, 6.07) is 11.7. The molecule has 2 aromatic rings. The number of sulfonamides is 1. The van der Waals surface area contributed by atoms with Crippen LogP contribution in [0.3, 0.4) is 0 Å². The van der Waals surface area contributed by atoms with E-state index in [9.17, 15) is 22.8 Å². The molecule has 2 N–H and O–H groups in total. The lowest BCUT2D eigenvalue weighted by molar-refractivity contribution is -0.120. The SMILES string of the molecule is Cc1ccc(N2C(=O)c3ccc(NC(=O)[C@H]4CC[C@H](NS(=O)(=O)C(C)C)CC4)cc3C2=O)cc1. The minimum atomic E-state index is -3.34. The number of carbonyl (C=O) groups excluding carboxylic acids is 3. The van der Waals surface area contributed by atoms with Crippen LogP contribution in [0.5, 0.6) is 0 Å². The molecule has 0 radical (unpaired) electrons. The van der Waals surface area contributed by atoms with Crippen LogP contribution in [-0.4, -0.2) is 37.4 Å². The monoisotopic (exact) mass is 483 g/mol. The molecule has 1 aliphatic heterocycles. The second-order valence-corrected chi connectivity index (χ2v) is 11.6. The minimum absolute atomic E-state index is 0.159. The number of benzene rings is 2. The van der Waals surface area contributed by atoms with Crippen molar-refractivity contribution < 1.29 is 22.8 Å². The summed E-state index contributed by atoms with van der Waals surface area (Å²) >= 11 is 0. The summed E-state index contributed by atoms with van der Waals surface area (Å²) < 4.78 is 26.9. The van der Waals surface area contributed by atoms with Crippen LogP contribution in [0.15, 0.2) is 42.5 Å². The number of hydrogen-bond donors (Lipinski definition) is 2. The zero-order valence-corrected chi connectivity index (χ0v) is 20.3. The van der Waals surface area contributed by atoms with Crippen molar-refractivity contribution in [2.24, 2.45) is 5.92 Å². The molecule has 0 aromatic heterocycles. The predicted molar refractivity (Wildman–Crippen MR) is 130 cm³/mol. The number of hydrogen-bond acceptors (Lipinski definition) is 5. The summed E-state index contributed by atoms with van der Waals surface area (Å²) in [6.07, 6.45) is 2.32. The highest BCUT2D eigenvalue weighted by Crippen LogP contribution is 2.31. The third-order valence-electron chi connectivity index (χ3n) is 6.50. The Morgan fingerprint density at radius 3 is 2.18 bits per heavy atom. The Hall–Kier alpha value is -3.04. The molecule has 1 fully saturated rings. The lowest BCUT2D eigenvalue weighted by Crippen LogP contribution is -2.42. The van der Waals surface area contributed by atoms with Crippen molar-refractivity contribution in [1.82, 2.24) is 4.72 Å². The molecule has 1 aliphatic carbocycles. The largest absolute Gasteiger partial charge is 0.326 e. The number of anilines is 2. The van der Waals surface area contributed by atoms with Crippen molar-refractivity contribution in [2.45, 2.75) is 57.7 Å². The number of aryl methyl sites for hydroxylation is 1.